The molecule has 3 heteroatoms. The van der Waals surface area contributed by atoms with E-state index in [4.69, 9.17) is 4.74 Å². The van der Waals surface area contributed by atoms with Gasteiger partial charge in [0.15, 0.2) is 0 Å². The van der Waals surface area contributed by atoms with Gasteiger partial charge in [-0.1, -0.05) is 48.5 Å². The highest BCUT2D eigenvalue weighted by molar-refractivity contribution is 5.76. The number of benzene rings is 2. The number of nitrogens with one attached hydrogen (secondary N) is 1. The molecule has 0 aliphatic heterocycles. The van der Waals surface area contributed by atoms with Crippen molar-refractivity contribution >= 4 is 5.91 Å². The van der Waals surface area contributed by atoms with Gasteiger partial charge in [-0.2, -0.15) is 0 Å². The lowest BCUT2D eigenvalue weighted by Crippen LogP contribution is -2.23. The second-order valence-electron chi connectivity index (χ2n) is 4.57. The summed E-state index contributed by atoms with van der Waals surface area (Å²) in [6.07, 6.45) is 1.15. The minimum atomic E-state index is 0.0553. The first-order valence-corrected chi connectivity index (χ1v) is 6.72. The van der Waals surface area contributed by atoms with E-state index in [9.17, 15) is 4.79 Å². The molecule has 0 radical (unpaired) electrons. The summed E-state index contributed by atoms with van der Waals surface area (Å²) in [6, 6.07) is 17.7. The molecular formula is C17H19NO2. The molecule has 0 unspecified atom stereocenters. The molecule has 2 aromatic carbocycles. The Hall–Kier alpha value is -2.29. The van der Waals surface area contributed by atoms with Gasteiger partial charge in [0.25, 0.3) is 0 Å². The highest BCUT2D eigenvalue weighted by Crippen LogP contribution is 2.18. The van der Waals surface area contributed by atoms with Gasteiger partial charge in [-0.25, -0.2) is 0 Å². The Bertz CT molecular complexity index is 552. The molecule has 0 bridgehead atoms. The van der Waals surface area contributed by atoms with Gasteiger partial charge in [0.2, 0.25) is 5.91 Å². The van der Waals surface area contributed by atoms with Crippen molar-refractivity contribution in [1.82, 2.24) is 5.32 Å². The molecule has 0 heterocycles. The van der Waals surface area contributed by atoms with Crippen molar-refractivity contribution in [3.63, 3.8) is 0 Å². The van der Waals surface area contributed by atoms with Crippen LogP contribution in [0.2, 0.25) is 0 Å². The van der Waals surface area contributed by atoms with E-state index in [1.54, 1.807) is 7.11 Å². The van der Waals surface area contributed by atoms with Crippen LogP contribution in [0.4, 0.5) is 0 Å². The standard InChI is InChI=1S/C17H19NO2/c1-20-16-10-6-5-9-15(16)11-12-17(19)18-13-14-7-3-2-4-8-14/h2-10H,11-13H2,1H3,(H,18,19). The van der Waals surface area contributed by atoms with Crippen molar-refractivity contribution in [3.8, 4) is 5.75 Å². The summed E-state index contributed by atoms with van der Waals surface area (Å²) in [7, 11) is 1.65. The Morgan fingerprint density at radius 1 is 1.05 bits per heavy atom. The summed E-state index contributed by atoms with van der Waals surface area (Å²) in [6.45, 7) is 0.575. The molecule has 0 atom stereocenters. The van der Waals surface area contributed by atoms with Gasteiger partial charge >= 0.3 is 0 Å². The zero-order valence-electron chi connectivity index (χ0n) is 11.6. The highest BCUT2D eigenvalue weighted by atomic mass is 16.5. The van der Waals surface area contributed by atoms with E-state index in [1.165, 1.54) is 0 Å². The summed E-state index contributed by atoms with van der Waals surface area (Å²) in [5.41, 5.74) is 2.17. The molecule has 0 saturated carbocycles. The molecule has 0 spiro atoms. The van der Waals surface area contributed by atoms with Gasteiger partial charge in [-0.15, -0.1) is 0 Å². The number of carbonyl (C=O) groups excluding carboxylic acids is 1. The fourth-order valence-electron chi connectivity index (χ4n) is 2.04. The lowest BCUT2D eigenvalue weighted by Gasteiger charge is -2.08. The van der Waals surface area contributed by atoms with Gasteiger partial charge in [0.05, 0.1) is 7.11 Å². The smallest absolute Gasteiger partial charge is 0.220 e. The first-order valence-electron chi connectivity index (χ1n) is 6.72. The van der Waals surface area contributed by atoms with Crippen molar-refractivity contribution in [1.29, 1.82) is 0 Å². The zero-order chi connectivity index (χ0) is 14.2. The van der Waals surface area contributed by atoms with E-state index < -0.39 is 0 Å². The molecule has 1 amide bonds. The number of rotatable bonds is 6. The van der Waals surface area contributed by atoms with Crippen molar-refractivity contribution in [2.75, 3.05) is 7.11 Å². The van der Waals surface area contributed by atoms with Crippen molar-refractivity contribution in [3.05, 3.63) is 65.7 Å². The first kappa shape index (κ1) is 14.1. The highest BCUT2D eigenvalue weighted by Gasteiger charge is 2.05. The van der Waals surface area contributed by atoms with Crippen LogP contribution in [0, 0.1) is 0 Å². The van der Waals surface area contributed by atoms with Gasteiger partial charge in [-0.05, 0) is 23.6 Å². The quantitative estimate of drug-likeness (QED) is 0.875. The number of methoxy groups -OCH3 is 1. The Morgan fingerprint density at radius 3 is 2.50 bits per heavy atom. The van der Waals surface area contributed by atoms with Gasteiger partial charge in [0.1, 0.15) is 5.75 Å². The van der Waals surface area contributed by atoms with Crippen LogP contribution in [0.5, 0.6) is 5.75 Å². The van der Waals surface area contributed by atoms with Crippen LogP contribution in [0.15, 0.2) is 54.6 Å². The SMILES string of the molecule is COc1ccccc1CCC(=O)NCc1ccccc1. The second-order valence-corrected chi connectivity index (χ2v) is 4.57. The van der Waals surface area contributed by atoms with Crippen LogP contribution >= 0.6 is 0 Å². The normalized spacial score (nSPS) is 10.1. The number of hydrogen-bond donors (Lipinski definition) is 1. The van der Waals surface area contributed by atoms with E-state index in [1.807, 2.05) is 54.6 Å². The number of hydrogen-bond acceptors (Lipinski definition) is 2. The Morgan fingerprint density at radius 2 is 1.75 bits per heavy atom. The summed E-state index contributed by atoms with van der Waals surface area (Å²) in [4.78, 5) is 11.8. The molecular weight excluding hydrogens is 250 g/mol. The molecule has 20 heavy (non-hydrogen) atoms. The van der Waals surface area contributed by atoms with E-state index in [2.05, 4.69) is 5.32 Å². The second kappa shape index (κ2) is 7.34. The average molecular weight is 269 g/mol. The molecule has 0 saturated heterocycles. The topological polar surface area (TPSA) is 38.3 Å². The summed E-state index contributed by atoms with van der Waals surface area (Å²) in [5.74, 6) is 0.892. The molecule has 0 aliphatic rings. The zero-order valence-corrected chi connectivity index (χ0v) is 11.6. The number of aryl methyl sites for hydroxylation is 1. The third-order valence-corrected chi connectivity index (χ3v) is 3.15. The summed E-state index contributed by atoms with van der Waals surface area (Å²) >= 11 is 0. The van der Waals surface area contributed by atoms with Crippen LogP contribution in [0.25, 0.3) is 0 Å². The maximum absolute atomic E-state index is 11.8. The van der Waals surface area contributed by atoms with E-state index >= 15 is 0 Å². The molecule has 0 fully saturated rings. The number of ether oxygens (including phenoxy) is 1. The molecule has 3 nitrogen and oxygen atoms in total. The van der Waals surface area contributed by atoms with Crippen LogP contribution in [-0.4, -0.2) is 13.0 Å². The van der Waals surface area contributed by atoms with Crippen LogP contribution in [0.3, 0.4) is 0 Å². The minimum Gasteiger partial charge on any atom is -0.496 e. The maximum Gasteiger partial charge on any atom is 0.220 e. The number of carbonyl (C=O) groups is 1. The molecule has 0 aliphatic carbocycles. The fraction of sp³-hybridized carbons (Fsp3) is 0.235. The molecule has 1 N–H and O–H groups in total. The maximum atomic E-state index is 11.8. The van der Waals surface area contributed by atoms with E-state index in [0.29, 0.717) is 19.4 Å². The molecule has 0 aromatic heterocycles. The van der Waals surface area contributed by atoms with Crippen molar-refractivity contribution < 1.29 is 9.53 Å². The largest absolute Gasteiger partial charge is 0.496 e. The van der Waals surface area contributed by atoms with Gasteiger partial charge in [0, 0.05) is 13.0 Å². The summed E-state index contributed by atoms with van der Waals surface area (Å²) < 4.78 is 5.28. The predicted molar refractivity (Wildman–Crippen MR) is 79.6 cm³/mol. The minimum absolute atomic E-state index is 0.0553. The van der Waals surface area contributed by atoms with E-state index in [0.717, 1.165) is 16.9 Å². The third-order valence-electron chi connectivity index (χ3n) is 3.15. The van der Waals surface area contributed by atoms with E-state index in [-0.39, 0.29) is 5.91 Å². The summed E-state index contributed by atoms with van der Waals surface area (Å²) in [5, 5.41) is 2.93. The number of amides is 1. The van der Waals surface area contributed by atoms with Crippen LogP contribution in [-0.2, 0) is 17.8 Å². The Labute approximate surface area is 119 Å². The lowest BCUT2D eigenvalue weighted by atomic mass is 10.1. The number of para-hydroxylation sites is 1. The predicted octanol–water partition coefficient (Wildman–Crippen LogP) is 2.94. The van der Waals surface area contributed by atoms with Crippen LogP contribution < -0.4 is 10.1 Å². The monoisotopic (exact) mass is 269 g/mol. The first-order chi connectivity index (χ1) is 9.79. The fourth-order valence-corrected chi connectivity index (χ4v) is 2.04. The molecule has 2 aromatic rings. The van der Waals surface area contributed by atoms with Crippen molar-refractivity contribution in [2.24, 2.45) is 0 Å². The average Bonchev–Trinajstić information content (AvgIpc) is 2.52. The molecule has 2 rings (SSSR count). The third kappa shape index (κ3) is 4.12. The van der Waals surface area contributed by atoms with Gasteiger partial charge in [-0.3, -0.25) is 4.79 Å². The van der Waals surface area contributed by atoms with Crippen molar-refractivity contribution in [2.45, 2.75) is 19.4 Å². The molecule has 104 valence electrons. The lowest BCUT2D eigenvalue weighted by molar-refractivity contribution is -0.121. The van der Waals surface area contributed by atoms with Crippen LogP contribution in [0.1, 0.15) is 17.5 Å². The van der Waals surface area contributed by atoms with Gasteiger partial charge < -0.3 is 10.1 Å². The Kier molecular flexibility index (Phi) is 5.18. The Balaban J connectivity index is 1.80.